The number of halogens is 1. The second kappa shape index (κ2) is 8.72. The van der Waals surface area contributed by atoms with Gasteiger partial charge in [-0.2, -0.15) is 9.78 Å². The molecule has 1 saturated heterocycles. The fraction of sp³-hybridized carbons (Fsp3) is 0.375. The van der Waals surface area contributed by atoms with E-state index in [4.69, 9.17) is 4.98 Å². The molecule has 1 atom stereocenters. The highest BCUT2D eigenvalue weighted by Gasteiger charge is 2.16. The van der Waals surface area contributed by atoms with Gasteiger partial charge in [-0.15, -0.1) is 0 Å². The van der Waals surface area contributed by atoms with E-state index < -0.39 is 0 Å². The summed E-state index contributed by atoms with van der Waals surface area (Å²) >= 11 is 3.45. The SMILES string of the molecule is CC[C@@H](C)c1nc2ccc(Br)cc2c(=O)n1N=Cc1ccc(N2CCCC2)cc1C. The molecule has 0 saturated carbocycles. The number of anilines is 1. The molecule has 30 heavy (non-hydrogen) atoms. The van der Waals surface area contributed by atoms with Crippen LogP contribution in [0.5, 0.6) is 0 Å². The van der Waals surface area contributed by atoms with Gasteiger partial charge in [-0.25, -0.2) is 4.98 Å². The van der Waals surface area contributed by atoms with Crippen LogP contribution >= 0.6 is 15.9 Å². The van der Waals surface area contributed by atoms with Crippen LogP contribution in [0, 0.1) is 6.92 Å². The molecular formula is C24H27BrN4O. The summed E-state index contributed by atoms with van der Waals surface area (Å²) in [7, 11) is 0. The first-order valence-electron chi connectivity index (χ1n) is 10.6. The molecule has 3 aromatic rings. The van der Waals surface area contributed by atoms with Crippen molar-refractivity contribution in [2.24, 2.45) is 5.10 Å². The fourth-order valence-electron chi connectivity index (χ4n) is 3.88. The second-order valence-corrected chi connectivity index (χ2v) is 8.95. The average molecular weight is 467 g/mol. The van der Waals surface area contributed by atoms with Crippen molar-refractivity contribution in [2.75, 3.05) is 18.0 Å². The molecule has 2 aromatic carbocycles. The fourth-order valence-corrected chi connectivity index (χ4v) is 4.24. The van der Waals surface area contributed by atoms with Crippen LogP contribution < -0.4 is 10.5 Å². The molecule has 1 aromatic heterocycles. The summed E-state index contributed by atoms with van der Waals surface area (Å²) in [6, 6.07) is 12.0. The molecule has 0 radical (unpaired) electrons. The van der Waals surface area contributed by atoms with Crippen molar-refractivity contribution in [2.45, 2.75) is 46.0 Å². The summed E-state index contributed by atoms with van der Waals surface area (Å²) in [5.41, 5.74) is 3.99. The minimum absolute atomic E-state index is 0.126. The summed E-state index contributed by atoms with van der Waals surface area (Å²) in [6.45, 7) is 8.51. The van der Waals surface area contributed by atoms with Gasteiger partial charge >= 0.3 is 0 Å². The summed E-state index contributed by atoms with van der Waals surface area (Å²) in [6.07, 6.45) is 5.18. The van der Waals surface area contributed by atoms with Gasteiger partial charge in [0.15, 0.2) is 0 Å². The van der Waals surface area contributed by atoms with Crippen LogP contribution in [0.2, 0.25) is 0 Å². The highest BCUT2D eigenvalue weighted by molar-refractivity contribution is 9.10. The van der Waals surface area contributed by atoms with Gasteiger partial charge in [0.25, 0.3) is 5.56 Å². The molecule has 0 N–H and O–H groups in total. The van der Waals surface area contributed by atoms with Crippen LogP contribution in [0.4, 0.5) is 5.69 Å². The maximum Gasteiger partial charge on any atom is 0.282 e. The zero-order valence-corrected chi connectivity index (χ0v) is 19.3. The topological polar surface area (TPSA) is 50.5 Å². The Kier molecular flexibility index (Phi) is 6.04. The number of nitrogens with zero attached hydrogens (tertiary/aromatic N) is 4. The first kappa shape index (κ1) is 20.8. The lowest BCUT2D eigenvalue weighted by Gasteiger charge is -2.18. The molecule has 1 aliphatic heterocycles. The molecular weight excluding hydrogens is 440 g/mol. The molecule has 5 nitrogen and oxygen atoms in total. The van der Waals surface area contributed by atoms with Crippen LogP contribution in [-0.4, -0.2) is 29.0 Å². The molecule has 6 heteroatoms. The molecule has 0 amide bonds. The summed E-state index contributed by atoms with van der Waals surface area (Å²) in [5.74, 6) is 0.821. The van der Waals surface area contributed by atoms with Crippen LogP contribution in [0.1, 0.15) is 56.0 Å². The Hall–Kier alpha value is -2.47. The molecule has 1 fully saturated rings. The Bertz CT molecular complexity index is 1160. The zero-order chi connectivity index (χ0) is 21.3. The van der Waals surface area contributed by atoms with Crippen molar-refractivity contribution in [1.29, 1.82) is 0 Å². The molecule has 0 unspecified atom stereocenters. The Labute approximate surface area is 185 Å². The smallest absolute Gasteiger partial charge is 0.282 e. The van der Waals surface area contributed by atoms with E-state index in [9.17, 15) is 4.79 Å². The lowest BCUT2D eigenvalue weighted by molar-refractivity contribution is 0.613. The molecule has 156 valence electrons. The number of aryl methyl sites for hydroxylation is 1. The van der Waals surface area contributed by atoms with Crippen LogP contribution in [-0.2, 0) is 0 Å². The number of hydrogen-bond donors (Lipinski definition) is 0. The second-order valence-electron chi connectivity index (χ2n) is 8.04. The third kappa shape index (κ3) is 4.06. The summed E-state index contributed by atoms with van der Waals surface area (Å²) in [4.78, 5) is 20.4. The normalized spacial score (nSPS) is 15.4. The largest absolute Gasteiger partial charge is 0.372 e. The lowest BCUT2D eigenvalue weighted by Crippen LogP contribution is -2.23. The number of benzene rings is 2. The average Bonchev–Trinajstić information content (AvgIpc) is 3.28. The molecule has 4 rings (SSSR count). The van der Waals surface area contributed by atoms with Crippen molar-refractivity contribution in [3.63, 3.8) is 0 Å². The van der Waals surface area contributed by atoms with E-state index in [2.05, 4.69) is 64.9 Å². The first-order valence-corrected chi connectivity index (χ1v) is 11.4. The van der Waals surface area contributed by atoms with Gasteiger partial charge in [0.05, 0.1) is 17.1 Å². The molecule has 1 aliphatic rings. The Morgan fingerprint density at radius 3 is 2.67 bits per heavy atom. The van der Waals surface area contributed by atoms with Gasteiger partial charge in [0.2, 0.25) is 0 Å². The predicted octanol–water partition coefficient (Wildman–Crippen LogP) is 5.46. The van der Waals surface area contributed by atoms with Gasteiger partial charge in [0.1, 0.15) is 5.82 Å². The Morgan fingerprint density at radius 1 is 1.20 bits per heavy atom. The minimum Gasteiger partial charge on any atom is -0.372 e. The van der Waals surface area contributed by atoms with Crippen molar-refractivity contribution in [1.82, 2.24) is 9.66 Å². The highest BCUT2D eigenvalue weighted by Crippen LogP contribution is 2.23. The number of fused-ring (bicyclic) bond motifs is 1. The molecule has 0 aliphatic carbocycles. The van der Waals surface area contributed by atoms with Crippen molar-refractivity contribution >= 4 is 38.7 Å². The minimum atomic E-state index is -0.140. The van der Waals surface area contributed by atoms with E-state index >= 15 is 0 Å². The standard InChI is InChI=1S/C24H27BrN4O/c1-4-16(2)23-27-22-10-8-19(25)14-21(22)24(30)29(23)26-15-18-7-9-20(13-17(18)3)28-11-5-6-12-28/h7-10,13-16H,4-6,11-12H2,1-3H3/t16-/m1/s1. The summed E-state index contributed by atoms with van der Waals surface area (Å²) < 4.78 is 2.32. The van der Waals surface area contributed by atoms with E-state index in [1.807, 2.05) is 18.2 Å². The molecule has 0 bridgehead atoms. The highest BCUT2D eigenvalue weighted by atomic mass is 79.9. The van der Waals surface area contributed by atoms with Crippen LogP contribution in [0.3, 0.4) is 0 Å². The zero-order valence-electron chi connectivity index (χ0n) is 17.7. The number of hydrogen-bond acceptors (Lipinski definition) is 4. The van der Waals surface area contributed by atoms with Gasteiger partial charge in [-0.1, -0.05) is 35.8 Å². The summed E-state index contributed by atoms with van der Waals surface area (Å²) in [5, 5.41) is 5.17. The quantitative estimate of drug-likeness (QED) is 0.468. The van der Waals surface area contributed by atoms with Gasteiger partial charge in [0, 0.05) is 29.2 Å². The molecule has 2 heterocycles. The third-order valence-corrected chi connectivity index (χ3v) is 6.42. The maximum absolute atomic E-state index is 13.2. The van der Waals surface area contributed by atoms with Crippen LogP contribution in [0.25, 0.3) is 10.9 Å². The van der Waals surface area contributed by atoms with E-state index in [0.29, 0.717) is 16.7 Å². The Balaban J connectivity index is 1.76. The van der Waals surface area contributed by atoms with Crippen molar-refractivity contribution in [3.8, 4) is 0 Å². The van der Waals surface area contributed by atoms with Crippen LogP contribution in [0.15, 0.2) is 50.8 Å². The van der Waals surface area contributed by atoms with Gasteiger partial charge in [-0.05, 0) is 67.6 Å². The first-order chi connectivity index (χ1) is 14.5. The van der Waals surface area contributed by atoms with E-state index in [1.165, 1.54) is 23.2 Å². The van der Waals surface area contributed by atoms with Gasteiger partial charge < -0.3 is 4.90 Å². The number of aromatic nitrogens is 2. The number of rotatable bonds is 5. The Morgan fingerprint density at radius 2 is 1.97 bits per heavy atom. The third-order valence-electron chi connectivity index (χ3n) is 5.92. The van der Waals surface area contributed by atoms with E-state index in [-0.39, 0.29) is 11.5 Å². The van der Waals surface area contributed by atoms with Gasteiger partial charge in [-0.3, -0.25) is 4.79 Å². The monoisotopic (exact) mass is 466 g/mol. The lowest BCUT2D eigenvalue weighted by atomic mass is 10.1. The van der Waals surface area contributed by atoms with Crippen molar-refractivity contribution < 1.29 is 0 Å². The maximum atomic E-state index is 13.2. The van der Waals surface area contributed by atoms with E-state index in [1.54, 1.807) is 6.21 Å². The molecule has 0 spiro atoms. The predicted molar refractivity (Wildman–Crippen MR) is 128 cm³/mol. The van der Waals surface area contributed by atoms with E-state index in [0.717, 1.165) is 35.1 Å². The van der Waals surface area contributed by atoms with Crippen molar-refractivity contribution in [3.05, 3.63) is 68.2 Å².